The van der Waals surface area contributed by atoms with E-state index in [0.717, 1.165) is 11.1 Å². The van der Waals surface area contributed by atoms with Crippen molar-refractivity contribution in [3.63, 3.8) is 0 Å². The van der Waals surface area contributed by atoms with E-state index in [2.05, 4.69) is 37.3 Å². The topological polar surface area (TPSA) is 20.3 Å². The number of hydrogen-bond donors (Lipinski definition) is 0. The summed E-state index contributed by atoms with van der Waals surface area (Å²) >= 11 is 0. The molecule has 0 bridgehead atoms. The summed E-state index contributed by atoms with van der Waals surface area (Å²) in [6, 6.07) is 22.3. The zero-order chi connectivity index (χ0) is 16.4. The van der Waals surface area contributed by atoms with Crippen molar-refractivity contribution in [3.05, 3.63) is 83.4 Å². The van der Waals surface area contributed by atoms with Crippen LogP contribution in [0.15, 0.2) is 66.7 Å². The molecule has 0 radical (unpaired) electrons. The predicted molar refractivity (Wildman–Crippen MR) is 95.6 cm³/mol. The largest absolute Gasteiger partial charge is 0.335 e. The van der Waals surface area contributed by atoms with E-state index in [9.17, 15) is 4.79 Å². The normalized spacial score (nSPS) is 12.1. The van der Waals surface area contributed by atoms with Crippen molar-refractivity contribution in [3.8, 4) is 0 Å². The molecule has 0 aliphatic carbocycles. The van der Waals surface area contributed by atoms with Crippen LogP contribution in [-0.4, -0.2) is 17.9 Å². The van der Waals surface area contributed by atoms with E-state index < -0.39 is 0 Å². The molecule has 0 heterocycles. The summed E-state index contributed by atoms with van der Waals surface area (Å²) in [5.41, 5.74) is 2.95. The molecule has 0 saturated carbocycles. The number of aryl methyl sites for hydroxylation is 1. The quantitative estimate of drug-likeness (QED) is 0.668. The highest BCUT2D eigenvalue weighted by Crippen LogP contribution is 2.28. The van der Waals surface area contributed by atoms with Gasteiger partial charge in [-0.05, 0) is 41.8 Å². The summed E-state index contributed by atoms with van der Waals surface area (Å²) in [5, 5.41) is 2.40. The van der Waals surface area contributed by atoms with Crippen molar-refractivity contribution in [1.29, 1.82) is 0 Å². The third-order valence-corrected chi connectivity index (χ3v) is 4.55. The van der Waals surface area contributed by atoms with Gasteiger partial charge in [0.2, 0.25) is 0 Å². The Kier molecular flexibility index (Phi) is 4.16. The van der Waals surface area contributed by atoms with E-state index >= 15 is 0 Å². The molecule has 0 N–H and O–H groups in total. The maximum atomic E-state index is 12.8. The first-order valence-corrected chi connectivity index (χ1v) is 7.90. The molecule has 23 heavy (non-hydrogen) atoms. The van der Waals surface area contributed by atoms with E-state index in [4.69, 9.17) is 0 Å². The summed E-state index contributed by atoms with van der Waals surface area (Å²) in [6.07, 6.45) is 0. The fourth-order valence-electron chi connectivity index (χ4n) is 3.00. The Hall–Kier alpha value is -2.61. The molecule has 0 unspecified atom stereocenters. The number of nitrogens with zero attached hydrogens (tertiary/aromatic N) is 1. The van der Waals surface area contributed by atoms with Crippen LogP contribution in [0, 0.1) is 6.92 Å². The lowest BCUT2D eigenvalue weighted by Crippen LogP contribution is -2.30. The van der Waals surface area contributed by atoms with Gasteiger partial charge < -0.3 is 4.90 Å². The Morgan fingerprint density at radius 3 is 2.35 bits per heavy atom. The molecule has 0 fully saturated rings. The van der Waals surface area contributed by atoms with Gasteiger partial charge in [-0.25, -0.2) is 0 Å². The summed E-state index contributed by atoms with van der Waals surface area (Å²) < 4.78 is 0. The van der Waals surface area contributed by atoms with Crippen LogP contribution in [0.3, 0.4) is 0 Å². The van der Waals surface area contributed by atoms with Gasteiger partial charge in [0.1, 0.15) is 0 Å². The van der Waals surface area contributed by atoms with Crippen LogP contribution in [0.25, 0.3) is 10.8 Å². The minimum absolute atomic E-state index is 0.00760. The number of carbonyl (C=O) groups excluding carboxylic acids is 1. The Labute approximate surface area is 137 Å². The van der Waals surface area contributed by atoms with Gasteiger partial charge in [0.05, 0.1) is 6.04 Å². The molecule has 3 aromatic rings. The summed E-state index contributed by atoms with van der Waals surface area (Å²) in [6.45, 7) is 4.06. The third kappa shape index (κ3) is 2.85. The van der Waals surface area contributed by atoms with Crippen LogP contribution in [0.1, 0.15) is 34.5 Å². The van der Waals surface area contributed by atoms with E-state index in [1.165, 1.54) is 16.3 Å². The van der Waals surface area contributed by atoms with Gasteiger partial charge in [0.25, 0.3) is 5.91 Å². The average molecular weight is 303 g/mol. The highest BCUT2D eigenvalue weighted by molar-refractivity contribution is 5.96. The van der Waals surface area contributed by atoms with E-state index in [-0.39, 0.29) is 11.9 Å². The number of carbonyl (C=O) groups is 1. The molecule has 1 amide bonds. The maximum Gasteiger partial charge on any atom is 0.254 e. The highest BCUT2D eigenvalue weighted by Gasteiger charge is 2.21. The van der Waals surface area contributed by atoms with E-state index in [1.54, 1.807) is 0 Å². The van der Waals surface area contributed by atoms with Crippen molar-refractivity contribution in [2.75, 3.05) is 7.05 Å². The van der Waals surface area contributed by atoms with Gasteiger partial charge in [-0.15, -0.1) is 0 Å². The number of hydrogen-bond acceptors (Lipinski definition) is 1. The van der Waals surface area contributed by atoms with Gasteiger partial charge >= 0.3 is 0 Å². The summed E-state index contributed by atoms with van der Waals surface area (Å²) in [5.74, 6) is 0.0588. The molecule has 0 aliphatic rings. The SMILES string of the molecule is Cc1ccccc1C(=O)N(C)[C@H](C)c1cccc2ccccc12. The predicted octanol–water partition coefficient (Wildman–Crippen LogP) is 4.98. The van der Waals surface area contributed by atoms with Gasteiger partial charge in [0.15, 0.2) is 0 Å². The Morgan fingerprint density at radius 1 is 0.913 bits per heavy atom. The molecule has 2 nitrogen and oxygen atoms in total. The molecule has 1 atom stereocenters. The van der Waals surface area contributed by atoms with E-state index in [1.807, 2.05) is 55.3 Å². The van der Waals surface area contributed by atoms with Crippen LogP contribution < -0.4 is 0 Å². The standard InChI is InChI=1S/C21H21NO/c1-15-9-4-6-12-18(15)21(23)22(3)16(2)19-14-8-11-17-10-5-7-13-20(17)19/h4-14,16H,1-3H3/t16-/m1/s1. The molecular formula is C21H21NO. The first-order valence-electron chi connectivity index (χ1n) is 7.90. The molecule has 116 valence electrons. The lowest BCUT2D eigenvalue weighted by molar-refractivity contribution is 0.0743. The molecular weight excluding hydrogens is 282 g/mol. The zero-order valence-corrected chi connectivity index (χ0v) is 13.8. The van der Waals surface area contributed by atoms with Crippen LogP contribution in [-0.2, 0) is 0 Å². The van der Waals surface area contributed by atoms with Crippen LogP contribution in [0.4, 0.5) is 0 Å². The molecule has 0 aromatic heterocycles. The zero-order valence-electron chi connectivity index (χ0n) is 13.8. The third-order valence-electron chi connectivity index (χ3n) is 4.55. The maximum absolute atomic E-state index is 12.8. The Bertz CT molecular complexity index is 848. The molecule has 0 spiro atoms. The fourth-order valence-corrected chi connectivity index (χ4v) is 3.00. The van der Waals surface area contributed by atoms with Crippen molar-refractivity contribution in [2.45, 2.75) is 19.9 Å². The van der Waals surface area contributed by atoms with E-state index in [0.29, 0.717) is 0 Å². The molecule has 0 saturated heterocycles. The van der Waals surface area contributed by atoms with Gasteiger partial charge in [-0.2, -0.15) is 0 Å². The van der Waals surface area contributed by atoms with Gasteiger partial charge in [-0.3, -0.25) is 4.79 Å². The van der Waals surface area contributed by atoms with Gasteiger partial charge in [0, 0.05) is 12.6 Å². The van der Waals surface area contributed by atoms with Crippen molar-refractivity contribution in [2.24, 2.45) is 0 Å². The average Bonchev–Trinajstić information content (AvgIpc) is 2.60. The minimum Gasteiger partial charge on any atom is -0.335 e. The molecule has 3 aromatic carbocycles. The Balaban J connectivity index is 1.97. The van der Waals surface area contributed by atoms with Gasteiger partial charge in [-0.1, -0.05) is 60.7 Å². The lowest BCUT2D eigenvalue weighted by Gasteiger charge is -2.27. The second-order valence-corrected chi connectivity index (χ2v) is 5.98. The molecule has 2 heteroatoms. The summed E-state index contributed by atoms with van der Waals surface area (Å²) in [7, 11) is 1.88. The van der Waals surface area contributed by atoms with Crippen molar-refractivity contribution in [1.82, 2.24) is 4.90 Å². The Morgan fingerprint density at radius 2 is 1.57 bits per heavy atom. The number of fused-ring (bicyclic) bond motifs is 1. The van der Waals surface area contributed by atoms with Crippen LogP contribution in [0.2, 0.25) is 0 Å². The first kappa shape index (κ1) is 15.3. The highest BCUT2D eigenvalue weighted by atomic mass is 16.2. The number of benzene rings is 3. The van der Waals surface area contributed by atoms with Crippen LogP contribution in [0.5, 0.6) is 0 Å². The number of amides is 1. The smallest absolute Gasteiger partial charge is 0.254 e. The monoisotopic (exact) mass is 303 g/mol. The van der Waals surface area contributed by atoms with Crippen molar-refractivity contribution >= 4 is 16.7 Å². The fraction of sp³-hybridized carbons (Fsp3) is 0.190. The van der Waals surface area contributed by atoms with Crippen LogP contribution >= 0.6 is 0 Å². The molecule has 0 aliphatic heterocycles. The second kappa shape index (κ2) is 6.25. The minimum atomic E-state index is 0.00760. The first-order chi connectivity index (χ1) is 11.1. The second-order valence-electron chi connectivity index (χ2n) is 5.98. The summed E-state index contributed by atoms with van der Waals surface area (Å²) in [4.78, 5) is 14.7. The number of rotatable bonds is 3. The molecule has 3 rings (SSSR count). The van der Waals surface area contributed by atoms with Crippen molar-refractivity contribution < 1.29 is 4.79 Å². The lowest BCUT2D eigenvalue weighted by atomic mass is 9.98.